The van der Waals surface area contributed by atoms with Gasteiger partial charge in [-0.15, -0.1) is 0 Å². The van der Waals surface area contributed by atoms with Crippen molar-refractivity contribution in [3.63, 3.8) is 0 Å². The van der Waals surface area contributed by atoms with Gasteiger partial charge >= 0.3 is 0 Å². The highest BCUT2D eigenvalue weighted by atomic mass is 35.5. The maximum atomic E-state index is 13.6. The molecule has 0 heterocycles. The molecule has 2 aromatic carbocycles. The maximum Gasteiger partial charge on any atom is 0.243 e. The number of hydrogen-bond acceptors (Lipinski definition) is 4. The third-order valence-corrected chi connectivity index (χ3v) is 9.36. The molecule has 37 heavy (non-hydrogen) atoms. The molecule has 0 radical (unpaired) electrons. The second kappa shape index (κ2) is 13.3. The van der Waals surface area contributed by atoms with E-state index in [4.69, 9.17) is 34.8 Å². The molecule has 2 aromatic rings. The minimum absolute atomic E-state index is 0.0188. The predicted octanol–water partition coefficient (Wildman–Crippen LogP) is 5.52. The van der Waals surface area contributed by atoms with Crippen molar-refractivity contribution in [1.29, 1.82) is 0 Å². The van der Waals surface area contributed by atoms with Crippen LogP contribution < -0.4 is 5.32 Å². The van der Waals surface area contributed by atoms with Crippen LogP contribution in [0.2, 0.25) is 15.1 Å². The van der Waals surface area contributed by atoms with Crippen LogP contribution in [0.4, 0.5) is 0 Å². The number of carbonyl (C=O) groups is 2. The van der Waals surface area contributed by atoms with Crippen LogP contribution in [0.5, 0.6) is 0 Å². The summed E-state index contributed by atoms with van der Waals surface area (Å²) in [5.74, 6) is -0.747. The topological polar surface area (TPSA) is 86.8 Å². The lowest BCUT2D eigenvalue weighted by atomic mass is 9.95. The molecule has 1 saturated carbocycles. The highest BCUT2D eigenvalue weighted by Crippen LogP contribution is 2.25. The first-order valence-electron chi connectivity index (χ1n) is 12.3. The summed E-state index contributed by atoms with van der Waals surface area (Å²) < 4.78 is 27.1. The summed E-state index contributed by atoms with van der Waals surface area (Å²) in [6.45, 7) is 1.45. The highest BCUT2D eigenvalue weighted by Gasteiger charge is 2.33. The largest absolute Gasteiger partial charge is 0.352 e. The first kappa shape index (κ1) is 29.7. The van der Waals surface area contributed by atoms with Gasteiger partial charge < -0.3 is 10.2 Å². The summed E-state index contributed by atoms with van der Waals surface area (Å²) in [6.07, 6.45) is 5.44. The molecule has 2 amide bonds. The van der Waals surface area contributed by atoms with Gasteiger partial charge in [0.2, 0.25) is 21.8 Å². The van der Waals surface area contributed by atoms with E-state index in [9.17, 15) is 18.0 Å². The summed E-state index contributed by atoms with van der Waals surface area (Å²) >= 11 is 18.1. The Morgan fingerprint density at radius 1 is 1.00 bits per heavy atom. The standard InChI is InChI=1S/C26H32Cl3N3O4S/c1-3-24(26(34)30-20-7-5-4-6-8-20)32(16-18-9-14-22(28)23(29)15-18)25(33)17-31(2)37(35,36)21-12-10-19(27)11-13-21/h9-15,20,24H,3-8,16-17H2,1-2H3,(H,30,34)/t24-/m1/s1. The van der Waals surface area contributed by atoms with Crippen LogP contribution in [0.25, 0.3) is 0 Å². The molecule has 1 N–H and O–H groups in total. The maximum absolute atomic E-state index is 13.6. The number of likely N-dealkylation sites (N-methyl/N-ethyl adjacent to an activating group) is 1. The lowest BCUT2D eigenvalue weighted by Gasteiger charge is -2.33. The van der Waals surface area contributed by atoms with Gasteiger partial charge in [0.25, 0.3) is 0 Å². The predicted molar refractivity (Wildman–Crippen MR) is 147 cm³/mol. The summed E-state index contributed by atoms with van der Waals surface area (Å²) in [5.41, 5.74) is 0.676. The van der Waals surface area contributed by atoms with E-state index < -0.39 is 28.5 Å². The van der Waals surface area contributed by atoms with Gasteiger partial charge in [-0.1, -0.05) is 67.1 Å². The van der Waals surface area contributed by atoms with Crippen molar-refractivity contribution in [2.24, 2.45) is 0 Å². The Hall–Kier alpha value is -1.84. The first-order valence-corrected chi connectivity index (χ1v) is 14.9. The van der Waals surface area contributed by atoms with Crippen molar-refractivity contribution < 1.29 is 18.0 Å². The van der Waals surface area contributed by atoms with Crippen LogP contribution >= 0.6 is 34.8 Å². The average Bonchev–Trinajstić information content (AvgIpc) is 2.86. The van der Waals surface area contributed by atoms with Gasteiger partial charge in [0.15, 0.2) is 0 Å². The fraction of sp³-hybridized carbons (Fsp3) is 0.462. The normalized spacial score (nSPS) is 15.4. The Morgan fingerprint density at radius 2 is 1.65 bits per heavy atom. The molecule has 0 aromatic heterocycles. The van der Waals surface area contributed by atoms with E-state index in [2.05, 4.69) is 5.32 Å². The van der Waals surface area contributed by atoms with E-state index in [0.29, 0.717) is 27.1 Å². The van der Waals surface area contributed by atoms with Crippen LogP contribution in [0, 0.1) is 0 Å². The van der Waals surface area contributed by atoms with Crippen LogP contribution in [0.15, 0.2) is 47.4 Å². The zero-order valence-corrected chi connectivity index (χ0v) is 24.0. The average molecular weight is 589 g/mol. The zero-order chi connectivity index (χ0) is 27.2. The van der Waals surface area contributed by atoms with Gasteiger partial charge in [-0.2, -0.15) is 4.31 Å². The van der Waals surface area contributed by atoms with Crippen molar-refractivity contribution in [3.05, 3.63) is 63.1 Å². The van der Waals surface area contributed by atoms with E-state index in [1.54, 1.807) is 18.2 Å². The number of sulfonamides is 1. The van der Waals surface area contributed by atoms with Crippen molar-refractivity contribution >= 4 is 56.6 Å². The van der Waals surface area contributed by atoms with Crippen LogP contribution in [0.3, 0.4) is 0 Å². The summed E-state index contributed by atoms with van der Waals surface area (Å²) in [5, 5.41) is 4.21. The first-order chi connectivity index (χ1) is 17.5. The number of nitrogens with one attached hydrogen (secondary N) is 1. The third-order valence-electron chi connectivity index (χ3n) is 6.55. The monoisotopic (exact) mass is 587 g/mol. The molecule has 7 nitrogen and oxygen atoms in total. The molecule has 1 aliphatic carbocycles. The lowest BCUT2D eigenvalue weighted by molar-refractivity contribution is -0.141. The molecular weight excluding hydrogens is 557 g/mol. The molecule has 1 fully saturated rings. The molecule has 202 valence electrons. The van der Waals surface area contributed by atoms with E-state index in [-0.39, 0.29) is 23.4 Å². The highest BCUT2D eigenvalue weighted by molar-refractivity contribution is 7.89. The van der Waals surface area contributed by atoms with Gasteiger partial charge in [0.05, 0.1) is 21.5 Å². The lowest BCUT2D eigenvalue weighted by Crippen LogP contribution is -2.53. The number of benzene rings is 2. The number of halogens is 3. The van der Waals surface area contributed by atoms with Crippen LogP contribution in [0.1, 0.15) is 51.0 Å². The van der Waals surface area contributed by atoms with Crippen molar-refractivity contribution in [1.82, 2.24) is 14.5 Å². The van der Waals surface area contributed by atoms with Crippen molar-refractivity contribution in [3.8, 4) is 0 Å². The van der Waals surface area contributed by atoms with Gasteiger partial charge in [-0.25, -0.2) is 8.42 Å². The Balaban J connectivity index is 1.85. The number of amides is 2. The van der Waals surface area contributed by atoms with Crippen molar-refractivity contribution in [2.45, 2.75) is 69.0 Å². The molecule has 0 aliphatic heterocycles. The molecule has 0 spiro atoms. The summed E-state index contributed by atoms with van der Waals surface area (Å²) in [6, 6.07) is 10.0. The SMILES string of the molecule is CC[C@H](C(=O)NC1CCCCC1)N(Cc1ccc(Cl)c(Cl)c1)C(=O)CN(C)S(=O)(=O)c1ccc(Cl)cc1. The Kier molecular flexibility index (Phi) is 10.7. The molecular formula is C26H32Cl3N3O4S. The Morgan fingerprint density at radius 3 is 2.24 bits per heavy atom. The van der Waals surface area contributed by atoms with Gasteiger partial charge in [0, 0.05) is 24.7 Å². The molecule has 0 unspecified atom stereocenters. The zero-order valence-electron chi connectivity index (χ0n) is 20.9. The number of hydrogen-bond donors (Lipinski definition) is 1. The molecule has 1 aliphatic rings. The fourth-order valence-corrected chi connectivity index (χ4v) is 6.02. The quantitative estimate of drug-likeness (QED) is 0.396. The second-order valence-electron chi connectivity index (χ2n) is 9.25. The summed E-state index contributed by atoms with van der Waals surface area (Å²) in [7, 11) is -2.62. The fourth-order valence-electron chi connectivity index (χ4n) is 4.45. The molecule has 0 saturated heterocycles. The Bertz CT molecular complexity index is 1200. The van der Waals surface area contributed by atoms with Crippen molar-refractivity contribution in [2.75, 3.05) is 13.6 Å². The molecule has 0 bridgehead atoms. The van der Waals surface area contributed by atoms with Gasteiger partial charge in [-0.05, 0) is 61.2 Å². The molecule has 11 heteroatoms. The van der Waals surface area contributed by atoms with E-state index in [1.807, 2.05) is 6.92 Å². The van der Waals surface area contributed by atoms with Crippen LogP contribution in [-0.2, 0) is 26.2 Å². The smallest absolute Gasteiger partial charge is 0.243 e. The van der Waals surface area contributed by atoms with Gasteiger partial charge in [0.1, 0.15) is 6.04 Å². The minimum Gasteiger partial charge on any atom is -0.352 e. The van der Waals surface area contributed by atoms with E-state index in [1.165, 1.54) is 36.2 Å². The van der Waals surface area contributed by atoms with E-state index in [0.717, 1.165) is 36.4 Å². The number of nitrogens with zero attached hydrogens (tertiary/aromatic N) is 2. The van der Waals surface area contributed by atoms with Crippen LogP contribution in [-0.4, -0.2) is 55.1 Å². The van der Waals surface area contributed by atoms with Gasteiger partial charge in [-0.3, -0.25) is 9.59 Å². The molecule has 3 rings (SSSR count). The Labute approximate surface area is 234 Å². The summed E-state index contributed by atoms with van der Waals surface area (Å²) in [4.78, 5) is 28.4. The molecule has 1 atom stereocenters. The minimum atomic E-state index is -3.96. The second-order valence-corrected chi connectivity index (χ2v) is 12.5. The number of rotatable bonds is 10. The van der Waals surface area contributed by atoms with E-state index >= 15 is 0 Å². The third kappa shape index (κ3) is 7.83. The number of carbonyl (C=O) groups excluding carboxylic acids is 2.